The van der Waals surface area contributed by atoms with Crippen LogP contribution < -0.4 is 5.32 Å². The first-order valence-corrected chi connectivity index (χ1v) is 6.56. The molecule has 0 bridgehead atoms. The lowest BCUT2D eigenvalue weighted by Crippen LogP contribution is -2.28. The highest BCUT2D eigenvalue weighted by Gasteiger charge is 2.21. The van der Waals surface area contributed by atoms with Crippen LogP contribution in [0.1, 0.15) is 66.2 Å². The molecule has 2 N–H and O–H groups in total. The zero-order chi connectivity index (χ0) is 14.9. The summed E-state index contributed by atoms with van der Waals surface area (Å²) in [6.45, 7) is 9.50. The zero-order valence-electron chi connectivity index (χ0n) is 12.3. The molecule has 0 radical (unpaired) electrons. The number of nitrogens with zero attached hydrogens (tertiary/aromatic N) is 3. The number of carbonyl (C=O) groups excluding carboxylic acids is 1. The SMILES string of the molecule is Cc1noc(C)c1C(C)NC(=O)c1n[nH]c(C(C)C)n1. The maximum Gasteiger partial charge on any atom is 0.291 e. The average Bonchev–Trinajstić information content (AvgIpc) is 2.96. The van der Waals surface area contributed by atoms with Gasteiger partial charge in [0.15, 0.2) is 0 Å². The van der Waals surface area contributed by atoms with Gasteiger partial charge in [-0.15, -0.1) is 5.10 Å². The maximum atomic E-state index is 12.1. The molecule has 1 unspecified atom stereocenters. The molecule has 1 amide bonds. The van der Waals surface area contributed by atoms with Gasteiger partial charge in [-0.3, -0.25) is 9.89 Å². The molecule has 7 heteroatoms. The summed E-state index contributed by atoms with van der Waals surface area (Å²) in [5.41, 5.74) is 1.66. The van der Waals surface area contributed by atoms with E-state index in [9.17, 15) is 4.79 Å². The predicted octanol–water partition coefficient (Wildman–Crippen LogP) is 2.02. The van der Waals surface area contributed by atoms with Gasteiger partial charge in [0.2, 0.25) is 5.82 Å². The summed E-state index contributed by atoms with van der Waals surface area (Å²) in [4.78, 5) is 16.3. The van der Waals surface area contributed by atoms with Crippen LogP contribution in [0.25, 0.3) is 0 Å². The van der Waals surface area contributed by atoms with Crippen molar-refractivity contribution in [1.82, 2.24) is 25.7 Å². The van der Waals surface area contributed by atoms with Gasteiger partial charge in [-0.2, -0.15) is 0 Å². The fourth-order valence-corrected chi connectivity index (χ4v) is 2.08. The van der Waals surface area contributed by atoms with Gasteiger partial charge in [-0.05, 0) is 20.8 Å². The highest BCUT2D eigenvalue weighted by atomic mass is 16.5. The molecule has 20 heavy (non-hydrogen) atoms. The Balaban J connectivity index is 2.11. The number of nitrogens with one attached hydrogen (secondary N) is 2. The molecule has 0 fully saturated rings. The van der Waals surface area contributed by atoms with Crippen molar-refractivity contribution in [2.75, 3.05) is 0 Å². The van der Waals surface area contributed by atoms with E-state index in [4.69, 9.17) is 4.52 Å². The van der Waals surface area contributed by atoms with E-state index in [2.05, 4.69) is 25.7 Å². The van der Waals surface area contributed by atoms with Crippen molar-refractivity contribution in [2.24, 2.45) is 0 Å². The summed E-state index contributed by atoms with van der Waals surface area (Å²) < 4.78 is 5.10. The van der Waals surface area contributed by atoms with Crippen molar-refractivity contribution < 1.29 is 9.32 Å². The first-order chi connectivity index (χ1) is 9.40. The fourth-order valence-electron chi connectivity index (χ4n) is 2.08. The lowest BCUT2D eigenvalue weighted by Gasteiger charge is -2.12. The summed E-state index contributed by atoms with van der Waals surface area (Å²) in [6.07, 6.45) is 0. The fraction of sp³-hybridized carbons (Fsp3) is 0.538. The van der Waals surface area contributed by atoms with Gasteiger partial charge in [0.25, 0.3) is 5.91 Å². The van der Waals surface area contributed by atoms with Gasteiger partial charge in [-0.25, -0.2) is 4.98 Å². The molecule has 2 aromatic rings. The number of carbonyl (C=O) groups is 1. The van der Waals surface area contributed by atoms with Gasteiger partial charge in [0, 0.05) is 11.5 Å². The number of aryl methyl sites for hydroxylation is 2. The summed E-state index contributed by atoms with van der Waals surface area (Å²) in [6, 6.07) is -0.213. The molecule has 108 valence electrons. The average molecular weight is 277 g/mol. The zero-order valence-corrected chi connectivity index (χ0v) is 12.3. The van der Waals surface area contributed by atoms with Crippen molar-refractivity contribution in [1.29, 1.82) is 0 Å². The van der Waals surface area contributed by atoms with E-state index in [1.807, 2.05) is 34.6 Å². The van der Waals surface area contributed by atoms with Gasteiger partial charge in [0.05, 0.1) is 11.7 Å². The lowest BCUT2D eigenvalue weighted by molar-refractivity contribution is 0.0929. The quantitative estimate of drug-likeness (QED) is 0.891. The Morgan fingerprint density at radius 2 is 2.00 bits per heavy atom. The van der Waals surface area contributed by atoms with Crippen molar-refractivity contribution in [3.63, 3.8) is 0 Å². The monoisotopic (exact) mass is 277 g/mol. The first kappa shape index (κ1) is 14.2. The minimum absolute atomic E-state index is 0.146. The van der Waals surface area contributed by atoms with Crippen molar-refractivity contribution >= 4 is 5.91 Å². The standard InChI is InChI=1S/C13H19N5O2/c1-6(2)11-15-12(17-16-11)13(19)14-7(3)10-8(4)18-20-9(10)5/h6-7H,1-5H3,(H,14,19)(H,15,16,17). The molecular formula is C13H19N5O2. The molecule has 2 rings (SSSR count). The van der Waals surface area contributed by atoms with Crippen molar-refractivity contribution in [3.05, 3.63) is 28.7 Å². The van der Waals surface area contributed by atoms with Crippen molar-refractivity contribution in [3.8, 4) is 0 Å². The topological polar surface area (TPSA) is 96.7 Å². The largest absolute Gasteiger partial charge is 0.361 e. The van der Waals surface area contributed by atoms with Gasteiger partial charge >= 0.3 is 0 Å². The smallest absolute Gasteiger partial charge is 0.291 e. The Morgan fingerprint density at radius 1 is 1.30 bits per heavy atom. The van der Waals surface area contributed by atoms with Crippen LogP contribution in [0.4, 0.5) is 0 Å². The van der Waals surface area contributed by atoms with E-state index in [0.717, 1.165) is 11.3 Å². The van der Waals surface area contributed by atoms with E-state index in [0.29, 0.717) is 11.6 Å². The third kappa shape index (κ3) is 2.71. The molecule has 0 saturated heterocycles. The summed E-state index contributed by atoms with van der Waals surface area (Å²) in [7, 11) is 0. The van der Waals surface area contributed by atoms with E-state index in [1.165, 1.54) is 0 Å². The summed E-state index contributed by atoms with van der Waals surface area (Å²) in [5.74, 6) is 1.42. The van der Waals surface area contributed by atoms with Gasteiger partial charge in [-0.1, -0.05) is 19.0 Å². The number of aromatic nitrogens is 4. The number of hydrogen-bond acceptors (Lipinski definition) is 5. The second kappa shape index (κ2) is 5.44. The number of H-pyrrole nitrogens is 1. The number of hydrogen-bond donors (Lipinski definition) is 2. The number of aromatic amines is 1. The molecule has 2 aromatic heterocycles. The van der Waals surface area contributed by atoms with Crippen LogP contribution in [0.5, 0.6) is 0 Å². The van der Waals surface area contributed by atoms with E-state index >= 15 is 0 Å². The molecule has 0 aliphatic carbocycles. The predicted molar refractivity (Wildman–Crippen MR) is 72.3 cm³/mol. The first-order valence-electron chi connectivity index (χ1n) is 6.56. The lowest BCUT2D eigenvalue weighted by atomic mass is 10.1. The maximum absolute atomic E-state index is 12.1. The van der Waals surface area contributed by atoms with Crippen LogP contribution in [0.3, 0.4) is 0 Å². The Bertz CT molecular complexity index is 595. The molecular weight excluding hydrogens is 258 g/mol. The molecule has 0 aromatic carbocycles. The van der Waals surface area contributed by atoms with Gasteiger partial charge < -0.3 is 9.84 Å². The van der Waals surface area contributed by atoms with Gasteiger partial charge in [0.1, 0.15) is 11.6 Å². The van der Waals surface area contributed by atoms with Crippen molar-refractivity contribution in [2.45, 2.75) is 46.6 Å². The minimum atomic E-state index is -0.319. The van der Waals surface area contributed by atoms with Crippen LogP contribution in [0.15, 0.2) is 4.52 Å². The highest BCUT2D eigenvalue weighted by Crippen LogP contribution is 2.21. The Labute approximate surface area is 117 Å². The molecule has 0 spiro atoms. The highest BCUT2D eigenvalue weighted by molar-refractivity contribution is 5.90. The third-order valence-corrected chi connectivity index (χ3v) is 3.12. The molecule has 2 heterocycles. The minimum Gasteiger partial charge on any atom is -0.361 e. The Morgan fingerprint density at radius 3 is 2.50 bits per heavy atom. The molecule has 0 aliphatic heterocycles. The van der Waals surface area contributed by atoms with Crippen LogP contribution in [-0.2, 0) is 0 Å². The summed E-state index contributed by atoms with van der Waals surface area (Å²) >= 11 is 0. The molecule has 0 aliphatic rings. The molecule has 7 nitrogen and oxygen atoms in total. The van der Waals surface area contributed by atoms with Crippen LogP contribution in [0.2, 0.25) is 0 Å². The number of rotatable bonds is 4. The van der Waals surface area contributed by atoms with Crippen LogP contribution in [-0.4, -0.2) is 26.2 Å². The van der Waals surface area contributed by atoms with Crippen LogP contribution in [0, 0.1) is 13.8 Å². The van der Waals surface area contributed by atoms with E-state index in [-0.39, 0.29) is 23.7 Å². The van der Waals surface area contributed by atoms with E-state index < -0.39 is 0 Å². The van der Waals surface area contributed by atoms with Crippen LogP contribution >= 0.6 is 0 Å². The second-order valence-corrected chi connectivity index (χ2v) is 5.13. The molecule has 1 atom stereocenters. The number of amides is 1. The Hall–Kier alpha value is -2.18. The van der Waals surface area contributed by atoms with E-state index in [1.54, 1.807) is 0 Å². The second-order valence-electron chi connectivity index (χ2n) is 5.13. The third-order valence-electron chi connectivity index (χ3n) is 3.12. The normalized spacial score (nSPS) is 12.7. The summed E-state index contributed by atoms with van der Waals surface area (Å²) in [5, 5.41) is 13.4. The Kier molecular flexibility index (Phi) is 3.87. The molecule has 0 saturated carbocycles.